The number of ether oxygens (including phenoxy) is 1. The molecule has 1 aromatic rings. The molecule has 8 nitrogen and oxygen atoms in total. The Morgan fingerprint density at radius 1 is 1.17 bits per heavy atom. The summed E-state index contributed by atoms with van der Waals surface area (Å²) in [4.78, 5) is 24.8. The Morgan fingerprint density at radius 2 is 1.75 bits per heavy atom. The molecule has 0 spiro atoms. The monoisotopic (exact) mass is 357 g/mol. The maximum atomic E-state index is 11.8. The first kappa shape index (κ1) is 20.1. The average molecular weight is 357 g/mol. The van der Waals surface area contributed by atoms with Crippen LogP contribution in [-0.4, -0.2) is 58.4 Å². The van der Waals surface area contributed by atoms with E-state index in [1.165, 1.54) is 25.9 Å². The third-order valence-electron chi connectivity index (χ3n) is 3.17. The van der Waals surface area contributed by atoms with Gasteiger partial charge in [-0.05, 0) is 31.2 Å². The van der Waals surface area contributed by atoms with Crippen molar-refractivity contribution in [3.63, 3.8) is 0 Å². The summed E-state index contributed by atoms with van der Waals surface area (Å²) in [7, 11) is -0.710. The Morgan fingerprint density at radius 3 is 2.21 bits per heavy atom. The second-order valence-corrected chi connectivity index (χ2v) is 7.09. The van der Waals surface area contributed by atoms with E-state index in [4.69, 9.17) is 4.74 Å². The zero-order valence-electron chi connectivity index (χ0n) is 14.3. The summed E-state index contributed by atoms with van der Waals surface area (Å²) in [6.45, 7) is 3.63. The van der Waals surface area contributed by atoms with E-state index in [1.54, 1.807) is 31.2 Å². The highest BCUT2D eigenvalue weighted by Gasteiger charge is 2.16. The molecule has 0 aliphatic carbocycles. The number of hydrogen-bond donors (Lipinski definition) is 1. The molecule has 0 bridgehead atoms. The van der Waals surface area contributed by atoms with Gasteiger partial charge in [-0.25, -0.2) is 9.52 Å². The van der Waals surface area contributed by atoms with Crippen LogP contribution >= 0.6 is 0 Å². The number of rotatable bonds is 8. The number of amides is 1. The largest absolute Gasteiger partial charge is 0.462 e. The van der Waals surface area contributed by atoms with Crippen LogP contribution in [0.3, 0.4) is 0 Å². The predicted octanol–water partition coefficient (Wildman–Crippen LogP) is 0.612. The quantitative estimate of drug-likeness (QED) is 0.688. The molecule has 0 heterocycles. The van der Waals surface area contributed by atoms with E-state index < -0.39 is 16.2 Å². The molecule has 1 aromatic carbocycles. The number of esters is 1. The molecule has 0 aromatic heterocycles. The molecule has 1 rings (SSSR count). The van der Waals surface area contributed by atoms with E-state index in [1.807, 2.05) is 0 Å². The molecule has 1 N–H and O–H groups in total. The topological polar surface area (TPSA) is 96.0 Å². The van der Waals surface area contributed by atoms with Crippen molar-refractivity contribution < 1.29 is 22.7 Å². The Balaban J connectivity index is 2.79. The molecule has 24 heavy (non-hydrogen) atoms. The van der Waals surface area contributed by atoms with E-state index in [-0.39, 0.29) is 25.6 Å². The summed E-state index contributed by atoms with van der Waals surface area (Å²) in [6, 6.07) is 6.36. The molecular formula is C15H23N3O5S. The molecule has 0 aliphatic rings. The van der Waals surface area contributed by atoms with Gasteiger partial charge in [-0.1, -0.05) is 0 Å². The maximum absolute atomic E-state index is 11.8. The maximum Gasteiger partial charge on any atom is 0.338 e. The van der Waals surface area contributed by atoms with Gasteiger partial charge < -0.3 is 9.64 Å². The molecule has 0 radical (unpaired) electrons. The van der Waals surface area contributed by atoms with Crippen LogP contribution in [0, 0.1) is 0 Å². The van der Waals surface area contributed by atoms with Crippen molar-refractivity contribution in [2.24, 2.45) is 0 Å². The van der Waals surface area contributed by atoms with E-state index in [0.717, 1.165) is 4.31 Å². The van der Waals surface area contributed by atoms with Crippen LogP contribution in [0.25, 0.3) is 0 Å². The Hall–Kier alpha value is -1.97. The molecule has 1 amide bonds. The van der Waals surface area contributed by atoms with Gasteiger partial charge in [0.05, 0.1) is 12.2 Å². The summed E-state index contributed by atoms with van der Waals surface area (Å²) in [5.74, 6) is -0.667. The summed E-state index contributed by atoms with van der Waals surface area (Å²) in [6.07, 6.45) is 0. The van der Waals surface area contributed by atoms with Gasteiger partial charge in [0.2, 0.25) is 5.91 Å². The fourth-order valence-corrected chi connectivity index (χ4v) is 2.48. The van der Waals surface area contributed by atoms with Crippen molar-refractivity contribution in [2.45, 2.75) is 13.8 Å². The van der Waals surface area contributed by atoms with E-state index in [0.29, 0.717) is 11.3 Å². The fraction of sp³-hybridized carbons (Fsp3) is 0.467. The molecule has 0 fully saturated rings. The number of benzene rings is 1. The van der Waals surface area contributed by atoms with Gasteiger partial charge in [0.25, 0.3) is 10.2 Å². The number of carbonyl (C=O) groups is 2. The van der Waals surface area contributed by atoms with Crippen molar-refractivity contribution >= 4 is 27.8 Å². The number of nitrogens with one attached hydrogen (secondary N) is 1. The number of nitrogens with zero attached hydrogens (tertiary/aromatic N) is 2. The Kier molecular flexibility index (Phi) is 7.33. The van der Waals surface area contributed by atoms with Gasteiger partial charge in [0.1, 0.15) is 0 Å². The second kappa shape index (κ2) is 8.76. The lowest BCUT2D eigenvalue weighted by atomic mass is 10.2. The molecular weight excluding hydrogens is 334 g/mol. The van der Waals surface area contributed by atoms with Gasteiger partial charge in [-0.15, -0.1) is 0 Å². The van der Waals surface area contributed by atoms with Crippen LogP contribution < -0.4 is 9.62 Å². The first-order valence-corrected chi connectivity index (χ1v) is 8.85. The highest BCUT2D eigenvalue weighted by Crippen LogP contribution is 2.16. The Labute approximate surface area is 142 Å². The third-order valence-corrected chi connectivity index (χ3v) is 4.70. The van der Waals surface area contributed by atoms with Gasteiger partial charge >= 0.3 is 5.97 Å². The molecule has 134 valence electrons. The fourth-order valence-electron chi connectivity index (χ4n) is 1.88. The average Bonchev–Trinajstić information content (AvgIpc) is 2.51. The van der Waals surface area contributed by atoms with Gasteiger partial charge in [-0.3, -0.25) is 4.79 Å². The minimum atomic E-state index is -3.54. The van der Waals surface area contributed by atoms with Crippen LogP contribution in [0.2, 0.25) is 0 Å². The second-order valence-electron chi connectivity index (χ2n) is 5.12. The molecule has 0 saturated carbocycles. The number of carbonyl (C=O) groups excluding carboxylic acids is 2. The summed E-state index contributed by atoms with van der Waals surface area (Å²) in [5, 5.41) is 0. The predicted molar refractivity (Wildman–Crippen MR) is 91.0 cm³/mol. The van der Waals surface area contributed by atoms with E-state index in [9.17, 15) is 18.0 Å². The third kappa shape index (κ3) is 5.59. The van der Waals surface area contributed by atoms with Gasteiger partial charge in [0, 0.05) is 39.8 Å². The minimum absolute atomic E-state index is 0.0692. The first-order chi connectivity index (χ1) is 11.2. The minimum Gasteiger partial charge on any atom is -0.462 e. The first-order valence-electron chi connectivity index (χ1n) is 7.41. The summed E-state index contributed by atoms with van der Waals surface area (Å²) < 4.78 is 31.7. The lowest BCUT2D eigenvalue weighted by molar-refractivity contribution is -0.116. The highest BCUT2D eigenvalue weighted by molar-refractivity contribution is 7.87. The molecule has 0 atom stereocenters. The lowest BCUT2D eigenvalue weighted by Gasteiger charge is -2.22. The molecule has 0 unspecified atom stereocenters. The number of anilines is 1. The Bertz CT molecular complexity index is 671. The van der Waals surface area contributed by atoms with Crippen molar-refractivity contribution in [3.8, 4) is 0 Å². The van der Waals surface area contributed by atoms with Gasteiger partial charge in [0.15, 0.2) is 0 Å². The summed E-state index contributed by atoms with van der Waals surface area (Å²) >= 11 is 0. The zero-order valence-corrected chi connectivity index (χ0v) is 15.1. The lowest BCUT2D eigenvalue weighted by Crippen LogP contribution is -2.41. The van der Waals surface area contributed by atoms with Crippen molar-refractivity contribution in [3.05, 3.63) is 29.8 Å². The molecule has 0 aliphatic heterocycles. The van der Waals surface area contributed by atoms with Crippen molar-refractivity contribution in [1.82, 2.24) is 9.03 Å². The van der Waals surface area contributed by atoms with Crippen LogP contribution in [0.4, 0.5) is 5.69 Å². The van der Waals surface area contributed by atoms with Crippen LogP contribution in [0.1, 0.15) is 24.2 Å². The van der Waals surface area contributed by atoms with E-state index in [2.05, 4.69) is 4.72 Å². The SMILES string of the molecule is CCOC(=O)c1ccc(N(CCNS(=O)(=O)N(C)C)C(C)=O)cc1. The van der Waals surface area contributed by atoms with Crippen LogP contribution in [0.15, 0.2) is 24.3 Å². The van der Waals surface area contributed by atoms with Crippen LogP contribution in [0.5, 0.6) is 0 Å². The smallest absolute Gasteiger partial charge is 0.338 e. The zero-order chi connectivity index (χ0) is 18.3. The van der Waals surface area contributed by atoms with Gasteiger partial charge in [-0.2, -0.15) is 12.7 Å². The normalized spacial score (nSPS) is 11.4. The summed E-state index contributed by atoms with van der Waals surface area (Å²) in [5.41, 5.74) is 0.956. The van der Waals surface area contributed by atoms with Crippen LogP contribution in [-0.2, 0) is 19.7 Å². The standard InChI is InChI=1S/C15H23N3O5S/c1-5-23-15(20)13-6-8-14(9-7-13)18(12(2)19)11-10-16-24(21,22)17(3)4/h6-9,16H,5,10-11H2,1-4H3. The number of hydrogen-bond acceptors (Lipinski definition) is 5. The van der Waals surface area contributed by atoms with E-state index >= 15 is 0 Å². The molecule has 0 saturated heterocycles. The highest BCUT2D eigenvalue weighted by atomic mass is 32.2. The van der Waals surface area contributed by atoms with Crippen molar-refractivity contribution in [2.75, 3.05) is 38.7 Å². The van der Waals surface area contributed by atoms with Crippen molar-refractivity contribution in [1.29, 1.82) is 0 Å². The molecule has 9 heteroatoms.